The van der Waals surface area contributed by atoms with Crippen molar-refractivity contribution >= 4 is 21.9 Å². The van der Waals surface area contributed by atoms with Gasteiger partial charge in [-0.25, -0.2) is 8.42 Å². The van der Waals surface area contributed by atoms with Crippen molar-refractivity contribution < 1.29 is 27.9 Å². The quantitative estimate of drug-likeness (QED) is 0.673. The van der Waals surface area contributed by atoms with Gasteiger partial charge >= 0.3 is 5.97 Å². The van der Waals surface area contributed by atoms with Gasteiger partial charge in [-0.1, -0.05) is 6.92 Å². The number of nitrogens with zero attached hydrogens (tertiary/aromatic N) is 1. The summed E-state index contributed by atoms with van der Waals surface area (Å²) in [6, 6.07) is 3.71. The number of hydrogen-bond donors (Lipinski definition) is 2. The molecule has 25 heavy (non-hydrogen) atoms. The van der Waals surface area contributed by atoms with Crippen LogP contribution in [0.1, 0.15) is 32.8 Å². The lowest BCUT2D eigenvalue weighted by Crippen LogP contribution is -2.40. The fourth-order valence-corrected chi connectivity index (χ4v) is 3.82. The molecule has 0 spiro atoms. The third kappa shape index (κ3) is 5.43. The van der Waals surface area contributed by atoms with Crippen molar-refractivity contribution in [2.45, 2.75) is 44.7 Å². The minimum atomic E-state index is -4.00. The second-order valence-electron chi connectivity index (χ2n) is 5.64. The summed E-state index contributed by atoms with van der Waals surface area (Å²) in [5.41, 5.74) is 0.490. The summed E-state index contributed by atoms with van der Waals surface area (Å²) in [6.45, 7) is 4.40. The highest BCUT2D eigenvalue weighted by Gasteiger charge is 2.29. The maximum absolute atomic E-state index is 12.8. The number of aliphatic carboxylic acids is 1. The molecule has 0 heterocycles. The third-order valence-corrected chi connectivity index (χ3v) is 5.54. The van der Waals surface area contributed by atoms with E-state index in [0.29, 0.717) is 17.7 Å². The van der Waals surface area contributed by atoms with Crippen LogP contribution in [0, 0.1) is 0 Å². The lowest BCUT2D eigenvalue weighted by Gasteiger charge is -2.24. The Hall–Kier alpha value is -2.13. The van der Waals surface area contributed by atoms with Gasteiger partial charge in [-0.2, -0.15) is 4.31 Å². The molecule has 0 saturated carbocycles. The summed E-state index contributed by atoms with van der Waals surface area (Å²) in [5, 5.41) is 11.6. The van der Waals surface area contributed by atoms with E-state index in [-0.39, 0.29) is 17.3 Å². The van der Waals surface area contributed by atoms with Gasteiger partial charge in [0.15, 0.2) is 0 Å². The summed E-state index contributed by atoms with van der Waals surface area (Å²) in [7, 11) is -2.56. The molecule has 9 heteroatoms. The zero-order valence-electron chi connectivity index (χ0n) is 14.8. The van der Waals surface area contributed by atoms with E-state index < -0.39 is 28.6 Å². The van der Waals surface area contributed by atoms with Crippen LogP contribution in [0.5, 0.6) is 5.75 Å². The number of amides is 1. The van der Waals surface area contributed by atoms with E-state index in [1.807, 2.05) is 0 Å². The van der Waals surface area contributed by atoms with E-state index in [2.05, 4.69) is 5.32 Å². The Morgan fingerprint density at radius 1 is 1.32 bits per heavy atom. The molecule has 140 valence electrons. The highest BCUT2D eigenvalue weighted by atomic mass is 32.2. The first-order valence-electron chi connectivity index (χ1n) is 7.80. The molecule has 0 aliphatic carbocycles. The summed E-state index contributed by atoms with van der Waals surface area (Å²) < 4.78 is 31.7. The number of carboxylic acid groups (broad SMARTS) is 1. The number of hydrogen-bond acceptors (Lipinski definition) is 5. The monoisotopic (exact) mass is 372 g/mol. The maximum atomic E-state index is 12.8. The first-order chi connectivity index (χ1) is 11.6. The molecular formula is C16H24N2O6S. The number of rotatable bonds is 9. The van der Waals surface area contributed by atoms with Crippen LogP contribution in [0.2, 0.25) is 0 Å². The van der Waals surface area contributed by atoms with E-state index >= 15 is 0 Å². The number of sulfonamides is 1. The molecule has 0 unspecified atom stereocenters. The standard InChI is InChI=1S/C16H24N2O6S/c1-5-15(19)17-9-12-8-13(6-7-14(12)24-4)25(22,23)18(11(2)3)10-16(20)21/h6-8,11H,5,9-10H2,1-4H3,(H,17,19)(H,20,21). The Morgan fingerprint density at radius 3 is 2.44 bits per heavy atom. The highest BCUT2D eigenvalue weighted by molar-refractivity contribution is 7.89. The molecule has 0 bridgehead atoms. The normalized spacial score (nSPS) is 11.6. The Labute approximate surface area is 147 Å². The number of nitrogens with one attached hydrogen (secondary N) is 1. The second kappa shape index (κ2) is 8.82. The first-order valence-corrected chi connectivity index (χ1v) is 9.24. The van der Waals surface area contributed by atoms with Crippen LogP contribution >= 0.6 is 0 Å². The Balaban J connectivity index is 3.26. The van der Waals surface area contributed by atoms with Crippen LogP contribution < -0.4 is 10.1 Å². The van der Waals surface area contributed by atoms with E-state index in [0.717, 1.165) is 4.31 Å². The lowest BCUT2D eigenvalue weighted by atomic mass is 10.2. The zero-order chi connectivity index (χ0) is 19.2. The topological polar surface area (TPSA) is 113 Å². The average molecular weight is 372 g/mol. The fourth-order valence-electron chi connectivity index (χ4n) is 2.19. The van der Waals surface area contributed by atoms with Crippen LogP contribution in [-0.4, -0.2) is 49.4 Å². The van der Waals surface area contributed by atoms with Gasteiger partial charge in [-0.15, -0.1) is 0 Å². The molecule has 8 nitrogen and oxygen atoms in total. The zero-order valence-corrected chi connectivity index (χ0v) is 15.6. The van der Waals surface area contributed by atoms with Gasteiger partial charge in [-0.3, -0.25) is 9.59 Å². The number of carbonyl (C=O) groups excluding carboxylic acids is 1. The van der Waals surface area contributed by atoms with Crippen molar-refractivity contribution in [3.8, 4) is 5.75 Å². The third-order valence-electron chi connectivity index (χ3n) is 3.52. The molecule has 1 aromatic rings. The maximum Gasteiger partial charge on any atom is 0.318 e. The van der Waals surface area contributed by atoms with Crippen LogP contribution in [0.25, 0.3) is 0 Å². The fraction of sp³-hybridized carbons (Fsp3) is 0.500. The number of ether oxygens (including phenoxy) is 1. The molecule has 0 aliphatic heterocycles. The molecule has 0 saturated heterocycles. The number of carbonyl (C=O) groups is 2. The summed E-state index contributed by atoms with van der Waals surface area (Å²) >= 11 is 0. The largest absolute Gasteiger partial charge is 0.496 e. The summed E-state index contributed by atoms with van der Waals surface area (Å²) in [5.74, 6) is -0.976. The molecule has 0 fully saturated rings. The lowest BCUT2D eigenvalue weighted by molar-refractivity contribution is -0.137. The summed E-state index contributed by atoms with van der Waals surface area (Å²) in [6.07, 6.45) is 0.306. The van der Waals surface area contributed by atoms with Crippen molar-refractivity contribution in [2.75, 3.05) is 13.7 Å². The molecular weight excluding hydrogens is 348 g/mol. The Morgan fingerprint density at radius 2 is 1.96 bits per heavy atom. The second-order valence-corrected chi connectivity index (χ2v) is 7.53. The van der Waals surface area contributed by atoms with Gasteiger partial charge in [0.1, 0.15) is 12.3 Å². The van der Waals surface area contributed by atoms with Crippen LogP contribution in [0.4, 0.5) is 0 Å². The van der Waals surface area contributed by atoms with Gasteiger partial charge in [0.05, 0.1) is 12.0 Å². The molecule has 0 aromatic heterocycles. The molecule has 0 atom stereocenters. The van der Waals surface area contributed by atoms with Crippen LogP contribution in [0.3, 0.4) is 0 Å². The highest BCUT2D eigenvalue weighted by Crippen LogP contribution is 2.25. The van der Waals surface area contributed by atoms with Crippen molar-refractivity contribution in [3.63, 3.8) is 0 Å². The van der Waals surface area contributed by atoms with Gasteiger partial charge in [0.2, 0.25) is 15.9 Å². The predicted octanol–water partition coefficient (Wildman–Crippen LogP) is 1.21. The van der Waals surface area contributed by atoms with Gasteiger partial charge < -0.3 is 15.2 Å². The van der Waals surface area contributed by atoms with Gasteiger partial charge in [-0.05, 0) is 32.0 Å². The Bertz CT molecular complexity index is 730. The Kier molecular flexibility index (Phi) is 7.38. The van der Waals surface area contributed by atoms with Crippen molar-refractivity contribution in [1.82, 2.24) is 9.62 Å². The van der Waals surface area contributed by atoms with E-state index in [1.54, 1.807) is 20.8 Å². The van der Waals surface area contributed by atoms with Crippen molar-refractivity contribution in [1.29, 1.82) is 0 Å². The average Bonchev–Trinajstić information content (AvgIpc) is 2.56. The van der Waals surface area contributed by atoms with Crippen LogP contribution in [0.15, 0.2) is 23.1 Å². The van der Waals surface area contributed by atoms with Crippen LogP contribution in [-0.2, 0) is 26.2 Å². The first kappa shape index (κ1) is 20.9. The minimum Gasteiger partial charge on any atom is -0.496 e. The smallest absolute Gasteiger partial charge is 0.318 e. The van der Waals surface area contributed by atoms with Gasteiger partial charge in [0.25, 0.3) is 0 Å². The number of methoxy groups -OCH3 is 1. The molecule has 1 rings (SSSR count). The summed E-state index contributed by atoms with van der Waals surface area (Å²) in [4.78, 5) is 22.4. The van der Waals surface area contributed by atoms with E-state index in [9.17, 15) is 18.0 Å². The van der Waals surface area contributed by atoms with Crippen molar-refractivity contribution in [3.05, 3.63) is 23.8 Å². The molecule has 0 aliphatic rings. The molecule has 0 radical (unpaired) electrons. The molecule has 1 amide bonds. The number of carboxylic acids is 1. The van der Waals surface area contributed by atoms with Gasteiger partial charge in [0, 0.05) is 24.6 Å². The predicted molar refractivity (Wildman–Crippen MR) is 91.8 cm³/mol. The minimum absolute atomic E-state index is 0.0519. The van der Waals surface area contributed by atoms with E-state index in [1.165, 1.54) is 25.3 Å². The molecule has 1 aromatic carbocycles. The van der Waals surface area contributed by atoms with E-state index in [4.69, 9.17) is 9.84 Å². The molecule has 2 N–H and O–H groups in total. The number of benzene rings is 1. The SMILES string of the molecule is CCC(=O)NCc1cc(S(=O)(=O)N(CC(=O)O)C(C)C)ccc1OC. The van der Waals surface area contributed by atoms with Crippen molar-refractivity contribution in [2.24, 2.45) is 0 Å².